The Balaban J connectivity index is 2.04. The van der Waals surface area contributed by atoms with E-state index in [1.807, 2.05) is 0 Å². The van der Waals surface area contributed by atoms with Gasteiger partial charge in [-0.05, 0) is 24.6 Å². The van der Waals surface area contributed by atoms with E-state index in [1.165, 1.54) is 18.2 Å². The van der Waals surface area contributed by atoms with Crippen molar-refractivity contribution in [2.45, 2.75) is 6.42 Å². The number of rotatable bonds is 5. The van der Waals surface area contributed by atoms with Crippen LogP contribution in [0.15, 0.2) is 18.2 Å². The van der Waals surface area contributed by atoms with E-state index in [0.717, 1.165) is 4.90 Å². The highest BCUT2D eigenvalue weighted by Crippen LogP contribution is 2.26. The lowest BCUT2D eigenvalue weighted by molar-refractivity contribution is -0.757. The van der Waals surface area contributed by atoms with E-state index < -0.39 is 16.9 Å². The molecule has 2 amide bonds. The van der Waals surface area contributed by atoms with Gasteiger partial charge in [0.15, 0.2) is 0 Å². The fraction of sp³-hybridized carbons (Fsp3) is 0.273. The maximum Gasteiger partial charge on any atom is 0.294 e. The van der Waals surface area contributed by atoms with Crippen molar-refractivity contribution in [1.29, 1.82) is 0 Å². The zero-order valence-corrected chi connectivity index (χ0v) is 9.74. The Bertz CT molecular complexity index is 556. The van der Waals surface area contributed by atoms with Gasteiger partial charge in [0.25, 0.3) is 16.9 Å². The number of phenolic OH excluding ortho intramolecular Hbond substituents is 1. The summed E-state index contributed by atoms with van der Waals surface area (Å²) in [5.74, 6) is -1.09. The molecule has 8 nitrogen and oxygen atoms in total. The molecule has 1 aliphatic heterocycles. The van der Waals surface area contributed by atoms with Gasteiger partial charge in [-0.25, -0.2) is 0 Å². The molecule has 1 aromatic carbocycles. The summed E-state index contributed by atoms with van der Waals surface area (Å²) in [7, 11) is 0. The summed E-state index contributed by atoms with van der Waals surface area (Å²) in [6, 6.07) is 3.92. The van der Waals surface area contributed by atoms with Gasteiger partial charge in [-0.1, -0.05) is 0 Å². The van der Waals surface area contributed by atoms with Gasteiger partial charge in [-0.3, -0.25) is 14.5 Å². The third-order valence-corrected chi connectivity index (χ3v) is 2.68. The average molecular weight is 266 g/mol. The van der Waals surface area contributed by atoms with Gasteiger partial charge in [0.2, 0.25) is 0 Å². The number of imide groups is 1. The zero-order valence-electron chi connectivity index (χ0n) is 9.74. The number of carbonyl (C=O) groups is 2. The van der Waals surface area contributed by atoms with Crippen LogP contribution in [-0.2, 0) is 4.84 Å². The highest BCUT2D eigenvalue weighted by atomic mass is 16.9. The fourth-order valence-corrected chi connectivity index (χ4v) is 1.84. The molecule has 1 aliphatic rings. The van der Waals surface area contributed by atoms with E-state index >= 15 is 0 Å². The minimum absolute atomic E-state index is 0.0287. The Morgan fingerprint density at radius 2 is 1.95 bits per heavy atom. The first kappa shape index (κ1) is 12.8. The topological polar surface area (TPSA) is 110 Å². The molecule has 100 valence electrons. The van der Waals surface area contributed by atoms with Crippen LogP contribution in [0.1, 0.15) is 27.1 Å². The van der Waals surface area contributed by atoms with Gasteiger partial charge >= 0.3 is 0 Å². The third kappa shape index (κ3) is 2.46. The van der Waals surface area contributed by atoms with Gasteiger partial charge in [0, 0.05) is 6.54 Å². The van der Waals surface area contributed by atoms with Gasteiger partial charge in [-0.15, -0.1) is 10.1 Å². The molecule has 0 spiro atoms. The van der Waals surface area contributed by atoms with Crippen molar-refractivity contribution >= 4 is 11.8 Å². The summed E-state index contributed by atoms with van der Waals surface area (Å²) in [4.78, 5) is 38.8. The number of nitrogens with zero attached hydrogens (tertiary/aromatic N) is 2. The number of fused-ring (bicyclic) bond motifs is 1. The molecule has 8 heteroatoms. The fourth-order valence-electron chi connectivity index (χ4n) is 1.84. The Morgan fingerprint density at radius 3 is 2.63 bits per heavy atom. The molecule has 0 saturated carbocycles. The lowest BCUT2D eigenvalue weighted by atomic mass is 10.1. The van der Waals surface area contributed by atoms with Crippen molar-refractivity contribution in [2.75, 3.05) is 13.2 Å². The standard InChI is InChI=1S/C11H10N2O6/c14-7-2-3-8-9(6-7)11(16)12(10(8)15)4-1-5-19-13(17)18/h2-3,6,14H,1,4-5H2. The molecule has 0 bridgehead atoms. The van der Waals surface area contributed by atoms with Crippen molar-refractivity contribution < 1.29 is 24.6 Å². The lowest BCUT2D eigenvalue weighted by Crippen LogP contribution is -2.31. The van der Waals surface area contributed by atoms with E-state index in [4.69, 9.17) is 0 Å². The molecule has 0 radical (unpaired) electrons. The summed E-state index contributed by atoms with van der Waals surface area (Å²) in [5, 5.41) is 18.3. The molecule has 1 N–H and O–H groups in total. The van der Waals surface area contributed by atoms with Crippen LogP contribution >= 0.6 is 0 Å². The molecular formula is C11H10N2O6. The second kappa shape index (κ2) is 4.92. The first-order valence-corrected chi connectivity index (χ1v) is 5.47. The third-order valence-electron chi connectivity index (χ3n) is 2.68. The van der Waals surface area contributed by atoms with Crippen molar-refractivity contribution in [1.82, 2.24) is 4.90 Å². The lowest BCUT2D eigenvalue weighted by Gasteiger charge is -2.12. The van der Waals surface area contributed by atoms with Gasteiger partial charge in [0.1, 0.15) is 5.75 Å². The second-order valence-corrected chi connectivity index (χ2v) is 3.90. The molecule has 2 rings (SSSR count). The molecule has 19 heavy (non-hydrogen) atoms. The number of hydrogen-bond donors (Lipinski definition) is 1. The van der Waals surface area contributed by atoms with E-state index in [1.54, 1.807) is 0 Å². The quantitative estimate of drug-likeness (QED) is 0.361. The average Bonchev–Trinajstić information content (AvgIpc) is 2.58. The Kier molecular flexibility index (Phi) is 3.32. The SMILES string of the molecule is O=C1c2ccc(O)cc2C(=O)N1CCCO[N+](=O)[O-]. The molecule has 0 unspecified atom stereocenters. The molecule has 0 aromatic heterocycles. The van der Waals surface area contributed by atoms with Crippen molar-refractivity contribution in [3.63, 3.8) is 0 Å². The van der Waals surface area contributed by atoms with E-state index in [0.29, 0.717) is 0 Å². The predicted molar refractivity (Wildman–Crippen MR) is 61.0 cm³/mol. The second-order valence-electron chi connectivity index (χ2n) is 3.90. The summed E-state index contributed by atoms with van der Waals surface area (Å²) in [6.45, 7) is -0.160. The van der Waals surface area contributed by atoms with E-state index in [9.17, 15) is 24.8 Å². The smallest absolute Gasteiger partial charge is 0.294 e. The predicted octanol–water partition coefficient (Wildman–Crippen LogP) is 0.587. The normalized spacial score (nSPS) is 13.6. The van der Waals surface area contributed by atoms with Crippen molar-refractivity contribution in [3.8, 4) is 5.75 Å². The van der Waals surface area contributed by atoms with Gasteiger partial charge in [0.05, 0.1) is 17.7 Å². The van der Waals surface area contributed by atoms with Crippen LogP contribution in [-0.4, -0.2) is 40.1 Å². The van der Waals surface area contributed by atoms with Crippen molar-refractivity contribution in [2.24, 2.45) is 0 Å². The maximum absolute atomic E-state index is 11.9. The summed E-state index contributed by atoms with van der Waals surface area (Å²) in [5.41, 5.74) is 0.359. The maximum atomic E-state index is 11.9. The Morgan fingerprint density at radius 1 is 1.26 bits per heavy atom. The zero-order chi connectivity index (χ0) is 14.0. The minimum atomic E-state index is -0.930. The van der Waals surface area contributed by atoms with Crippen LogP contribution in [0.2, 0.25) is 0 Å². The molecule has 0 fully saturated rings. The summed E-state index contributed by atoms with van der Waals surface area (Å²) in [6.07, 6.45) is 0.165. The minimum Gasteiger partial charge on any atom is -0.508 e. The molecule has 0 atom stereocenters. The number of phenols is 1. The molecule has 1 aromatic rings. The number of benzene rings is 1. The number of hydrogen-bond acceptors (Lipinski definition) is 6. The first-order valence-electron chi connectivity index (χ1n) is 5.47. The van der Waals surface area contributed by atoms with Crippen LogP contribution in [0, 0.1) is 10.1 Å². The largest absolute Gasteiger partial charge is 0.508 e. The van der Waals surface area contributed by atoms with Crippen molar-refractivity contribution in [3.05, 3.63) is 39.4 Å². The van der Waals surface area contributed by atoms with Crippen LogP contribution in [0.25, 0.3) is 0 Å². The van der Waals surface area contributed by atoms with Crippen LogP contribution < -0.4 is 0 Å². The van der Waals surface area contributed by atoms with E-state index in [-0.39, 0.29) is 36.4 Å². The van der Waals surface area contributed by atoms with Gasteiger partial charge < -0.3 is 9.94 Å². The number of carbonyl (C=O) groups excluding carboxylic acids is 2. The number of aromatic hydroxyl groups is 1. The van der Waals surface area contributed by atoms with Crippen LogP contribution in [0.3, 0.4) is 0 Å². The van der Waals surface area contributed by atoms with Gasteiger partial charge in [-0.2, -0.15) is 0 Å². The highest BCUT2D eigenvalue weighted by molar-refractivity contribution is 6.21. The monoisotopic (exact) mass is 266 g/mol. The summed E-state index contributed by atoms with van der Waals surface area (Å²) >= 11 is 0. The summed E-state index contributed by atoms with van der Waals surface area (Å²) < 4.78 is 0. The molecule has 0 saturated heterocycles. The van der Waals surface area contributed by atoms with Crippen LogP contribution in [0.4, 0.5) is 0 Å². The number of amides is 2. The van der Waals surface area contributed by atoms with E-state index in [2.05, 4.69) is 4.84 Å². The molecule has 0 aliphatic carbocycles. The molecule has 1 heterocycles. The highest BCUT2D eigenvalue weighted by Gasteiger charge is 2.35. The Labute approximate surface area is 107 Å². The Hall–Kier alpha value is -2.64. The first-order chi connectivity index (χ1) is 9.00. The van der Waals surface area contributed by atoms with Crippen LogP contribution in [0.5, 0.6) is 5.75 Å². The molecular weight excluding hydrogens is 256 g/mol.